The number of amidine groups is 1. The minimum atomic E-state index is 0.319. The Morgan fingerprint density at radius 1 is 1.13 bits per heavy atom. The van der Waals surface area contributed by atoms with Crippen molar-refractivity contribution >= 4 is 11.6 Å². The first-order valence-corrected chi connectivity index (χ1v) is 11.5. The average molecular weight is 402 g/mol. The van der Waals surface area contributed by atoms with E-state index >= 15 is 0 Å². The van der Waals surface area contributed by atoms with Crippen molar-refractivity contribution in [3.8, 4) is 11.1 Å². The standard InChI is InChI=1S/C26H31N3O/c1-17-8-9-27-16-24(17)21-12-18(2-7-26-28-10-11-29-26)13-22(14-21)25(30)15-23(19-3-4-19)20-5-6-20/h8-9,12-14,16,19-20,23H,2-7,10-11,15H2,1H3,(H,28,29). The molecule has 4 heteroatoms. The van der Waals surface area contributed by atoms with Crippen molar-refractivity contribution in [2.75, 3.05) is 13.1 Å². The van der Waals surface area contributed by atoms with Crippen LogP contribution < -0.4 is 5.32 Å². The van der Waals surface area contributed by atoms with Gasteiger partial charge < -0.3 is 5.32 Å². The Balaban J connectivity index is 1.42. The number of benzene rings is 1. The van der Waals surface area contributed by atoms with Crippen LogP contribution in [-0.4, -0.2) is 29.7 Å². The lowest BCUT2D eigenvalue weighted by molar-refractivity contribution is 0.0948. The van der Waals surface area contributed by atoms with Crippen LogP contribution in [0.5, 0.6) is 0 Å². The van der Waals surface area contributed by atoms with E-state index in [1.165, 1.54) is 36.8 Å². The van der Waals surface area contributed by atoms with Gasteiger partial charge in [0.25, 0.3) is 0 Å². The van der Waals surface area contributed by atoms with Crippen LogP contribution in [0.2, 0.25) is 0 Å². The number of aliphatic imine (C=N–C) groups is 1. The summed E-state index contributed by atoms with van der Waals surface area (Å²) in [6.45, 7) is 3.92. The molecule has 1 aromatic heterocycles. The van der Waals surface area contributed by atoms with Gasteiger partial charge in [0.1, 0.15) is 0 Å². The van der Waals surface area contributed by atoms with Crippen molar-refractivity contribution < 1.29 is 4.79 Å². The van der Waals surface area contributed by atoms with Gasteiger partial charge in [-0.05, 0) is 91.7 Å². The molecule has 2 heterocycles. The van der Waals surface area contributed by atoms with E-state index in [1.807, 2.05) is 18.5 Å². The van der Waals surface area contributed by atoms with Gasteiger partial charge in [-0.3, -0.25) is 14.8 Å². The second kappa shape index (κ2) is 8.33. The molecular formula is C26H31N3O. The van der Waals surface area contributed by atoms with Gasteiger partial charge in [-0.1, -0.05) is 6.07 Å². The molecule has 3 aliphatic rings. The van der Waals surface area contributed by atoms with Crippen molar-refractivity contribution in [1.82, 2.24) is 10.3 Å². The number of aromatic nitrogens is 1. The zero-order valence-electron chi connectivity index (χ0n) is 17.9. The first-order chi connectivity index (χ1) is 14.7. The molecule has 1 aromatic carbocycles. The fourth-order valence-corrected chi connectivity index (χ4v) is 4.90. The zero-order chi connectivity index (χ0) is 20.5. The lowest BCUT2D eigenvalue weighted by Gasteiger charge is -2.16. The molecule has 30 heavy (non-hydrogen) atoms. The van der Waals surface area contributed by atoms with Crippen LogP contribution in [0.4, 0.5) is 0 Å². The molecule has 5 rings (SSSR count). The summed E-state index contributed by atoms with van der Waals surface area (Å²) in [6, 6.07) is 8.49. The van der Waals surface area contributed by atoms with Gasteiger partial charge in [0.15, 0.2) is 5.78 Å². The largest absolute Gasteiger partial charge is 0.372 e. The molecule has 0 bridgehead atoms. The zero-order valence-corrected chi connectivity index (χ0v) is 17.9. The van der Waals surface area contributed by atoms with Crippen LogP contribution in [0.15, 0.2) is 41.7 Å². The molecule has 0 amide bonds. The maximum Gasteiger partial charge on any atom is 0.163 e. The quantitative estimate of drug-likeness (QED) is 0.602. The predicted molar refractivity (Wildman–Crippen MR) is 121 cm³/mol. The predicted octanol–water partition coefficient (Wildman–Crippen LogP) is 5.00. The van der Waals surface area contributed by atoms with Gasteiger partial charge in [-0.25, -0.2) is 0 Å². The average Bonchev–Trinajstić information content (AvgIpc) is 3.70. The number of rotatable bonds is 9. The SMILES string of the molecule is Cc1ccncc1-c1cc(CCC2=NCCN2)cc(C(=O)CC(C2CC2)C2CC2)c1. The molecule has 1 N–H and O–H groups in total. The van der Waals surface area contributed by atoms with Crippen LogP contribution in [0, 0.1) is 24.7 Å². The van der Waals surface area contributed by atoms with E-state index in [0.717, 1.165) is 66.7 Å². The summed E-state index contributed by atoms with van der Waals surface area (Å²) in [4.78, 5) is 22.2. The Hall–Kier alpha value is -2.49. The number of nitrogens with one attached hydrogen (secondary N) is 1. The molecule has 2 fully saturated rings. The fraction of sp³-hybridized carbons (Fsp3) is 0.500. The summed E-state index contributed by atoms with van der Waals surface area (Å²) in [5.74, 6) is 3.63. The molecule has 0 atom stereocenters. The second-order valence-electron chi connectivity index (χ2n) is 9.33. The van der Waals surface area contributed by atoms with E-state index in [2.05, 4.69) is 40.4 Å². The number of carbonyl (C=O) groups is 1. The Morgan fingerprint density at radius 2 is 1.93 bits per heavy atom. The highest BCUT2D eigenvalue weighted by Gasteiger charge is 2.42. The van der Waals surface area contributed by atoms with Crippen LogP contribution >= 0.6 is 0 Å². The normalized spacial score (nSPS) is 18.4. The molecule has 1 aliphatic heterocycles. The number of nitrogens with zero attached hydrogens (tertiary/aromatic N) is 2. The first-order valence-electron chi connectivity index (χ1n) is 11.5. The monoisotopic (exact) mass is 401 g/mol. The number of ketones is 1. The third-order valence-electron chi connectivity index (χ3n) is 6.93. The summed E-state index contributed by atoms with van der Waals surface area (Å²) in [6.07, 6.45) is 11.6. The number of hydrogen-bond donors (Lipinski definition) is 1. The van der Waals surface area contributed by atoms with Gasteiger partial charge in [-0.15, -0.1) is 0 Å². The minimum Gasteiger partial charge on any atom is -0.372 e. The highest BCUT2D eigenvalue weighted by molar-refractivity contribution is 5.98. The maximum atomic E-state index is 13.3. The van der Waals surface area contributed by atoms with E-state index in [1.54, 1.807) is 0 Å². The van der Waals surface area contributed by atoms with Crippen molar-refractivity contribution in [2.24, 2.45) is 22.7 Å². The number of carbonyl (C=O) groups excluding carboxylic acids is 1. The highest BCUT2D eigenvalue weighted by atomic mass is 16.1. The molecule has 2 saturated carbocycles. The molecule has 156 valence electrons. The molecule has 2 aromatic rings. The Bertz CT molecular complexity index is 960. The van der Waals surface area contributed by atoms with E-state index in [9.17, 15) is 4.79 Å². The smallest absolute Gasteiger partial charge is 0.163 e. The lowest BCUT2D eigenvalue weighted by Crippen LogP contribution is -2.19. The van der Waals surface area contributed by atoms with Crippen LogP contribution in [0.25, 0.3) is 11.1 Å². The Labute approximate surface area is 179 Å². The number of Topliss-reactive ketones (excluding diaryl/α,β-unsaturated/α-hetero) is 1. The fourth-order valence-electron chi connectivity index (χ4n) is 4.90. The van der Waals surface area contributed by atoms with Gasteiger partial charge in [-0.2, -0.15) is 0 Å². The van der Waals surface area contributed by atoms with Crippen LogP contribution in [0.1, 0.15) is 60.0 Å². The topological polar surface area (TPSA) is 54.4 Å². The third kappa shape index (κ3) is 4.48. The van der Waals surface area contributed by atoms with Gasteiger partial charge >= 0.3 is 0 Å². The first kappa shape index (κ1) is 19.5. The minimum absolute atomic E-state index is 0.319. The van der Waals surface area contributed by atoms with E-state index in [4.69, 9.17) is 0 Å². The van der Waals surface area contributed by atoms with E-state index in [0.29, 0.717) is 11.7 Å². The van der Waals surface area contributed by atoms with Crippen molar-refractivity contribution in [1.29, 1.82) is 0 Å². The highest BCUT2D eigenvalue weighted by Crippen LogP contribution is 2.51. The summed E-state index contributed by atoms with van der Waals surface area (Å²) in [5.41, 5.74) is 5.50. The molecule has 4 nitrogen and oxygen atoms in total. The number of pyridine rings is 1. The summed E-state index contributed by atoms with van der Waals surface area (Å²) in [5, 5.41) is 3.36. The third-order valence-corrected chi connectivity index (χ3v) is 6.93. The Kier molecular flexibility index (Phi) is 5.41. The molecule has 0 radical (unpaired) electrons. The van der Waals surface area contributed by atoms with Crippen molar-refractivity contribution in [3.05, 3.63) is 53.3 Å². The molecule has 0 saturated heterocycles. The van der Waals surface area contributed by atoms with Crippen LogP contribution in [-0.2, 0) is 6.42 Å². The van der Waals surface area contributed by atoms with E-state index in [-0.39, 0.29) is 0 Å². The molecular weight excluding hydrogens is 370 g/mol. The van der Waals surface area contributed by atoms with Gasteiger partial charge in [0, 0.05) is 42.9 Å². The number of aryl methyl sites for hydroxylation is 2. The molecule has 2 aliphatic carbocycles. The van der Waals surface area contributed by atoms with Crippen LogP contribution in [0.3, 0.4) is 0 Å². The van der Waals surface area contributed by atoms with Gasteiger partial charge in [0.2, 0.25) is 0 Å². The lowest BCUT2D eigenvalue weighted by atomic mass is 9.88. The number of hydrogen-bond acceptors (Lipinski definition) is 4. The van der Waals surface area contributed by atoms with Gasteiger partial charge in [0.05, 0.1) is 12.4 Å². The van der Waals surface area contributed by atoms with Crippen molar-refractivity contribution in [2.45, 2.75) is 51.9 Å². The summed E-state index contributed by atoms with van der Waals surface area (Å²) in [7, 11) is 0. The second-order valence-corrected chi connectivity index (χ2v) is 9.33. The Morgan fingerprint density at radius 3 is 2.60 bits per heavy atom. The maximum absolute atomic E-state index is 13.3. The molecule has 0 spiro atoms. The van der Waals surface area contributed by atoms with E-state index < -0.39 is 0 Å². The summed E-state index contributed by atoms with van der Waals surface area (Å²) >= 11 is 0. The summed E-state index contributed by atoms with van der Waals surface area (Å²) < 4.78 is 0. The molecule has 0 unspecified atom stereocenters. The van der Waals surface area contributed by atoms with Crippen molar-refractivity contribution in [3.63, 3.8) is 0 Å².